The third kappa shape index (κ3) is 15.4. The fourth-order valence-electron chi connectivity index (χ4n) is 7.09. The first kappa shape index (κ1) is 53.8. The first-order valence-electron chi connectivity index (χ1n) is 21.9. The average Bonchev–Trinajstić information content (AvgIpc) is 3.96. The highest BCUT2D eigenvalue weighted by Gasteiger charge is 2.45. The summed E-state index contributed by atoms with van der Waals surface area (Å²) in [6, 6.07) is 9.61. The summed E-state index contributed by atoms with van der Waals surface area (Å²) in [4.78, 5) is 86.7. The van der Waals surface area contributed by atoms with Gasteiger partial charge >= 0.3 is 24.3 Å². The maximum absolute atomic E-state index is 13.6. The first-order chi connectivity index (χ1) is 32.8. The summed E-state index contributed by atoms with van der Waals surface area (Å²) in [5.74, 6) is -2.10. The van der Waals surface area contributed by atoms with E-state index >= 15 is 0 Å². The number of pyridine rings is 3. The lowest BCUT2D eigenvalue weighted by Crippen LogP contribution is -2.42. The van der Waals surface area contributed by atoms with Gasteiger partial charge in [0.15, 0.2) is 11.6 Å². The lowest BCUT2D eigenvalue weighted by molar-refractivity contribution is -0.148. The van der Waals surface area contributed by atoms with Gasteiger partial charge in [0.1, 0.15) is 22.4 Å². The second-order valence-corrected chi connectivity index (χ2v) is 18.6. The molecule has 19 nitrogen and oxygen atoms in total. The van der Waals surface area contributed by atoms with Crippen LogP contribution in [0.1, 0.15) is 99.2 Å². The van der Waals surface area contributed by atoms with Crippen molar-refractivity contribution < 1.29 is 70.7 Å². The molecule has 2 atom stereocenters. The minimum absolute atomic E-state index is 0.0113. The van der Waals surface area contributed by atoms with Crippen molar-refractivity contribution in [2.75, 3.05) is 49.5 Å². The van der Waals surface area contributed by atoms with Crippen LogP contribution < -0.4 is 26.0 Å². The van der Waals surface area contributed by atoms with Gasteiger partial charge in [-0.2, -0.15) is 13.2 Å². The molecule has 22 heteroatoms. The van der Waals surface area contributed by atoms with Gasteiger partial charge in [-0.1, -0.05) is 0 Å². The molecule has 2 fully saturated rings. The number of Topliss-reactive ketones (excluding diaryl/α,β-unsaturated/α-hetero) is 2. The highest BCUT2D eigenvalue weighted by Crippen LogP contribution is 2.39. The molecular formula is C48H56F3N7O12. The molecule has 2 aliphatic heterocycles. The molecule has 2 aliphatic rings. The minimum Gasteiger partial charge on any atom is -0.497 e. The van der Waals surface area contributed by atoms with Gasteiger partial charge in [0, 0.05) is 49.6 Å². The van der Waals surface area contributed by atoms with E-state index < -0.39 is 57.8 Å². The van der Waals surface area contributed by atoms with E-state index in [1.807, 2.05) is 0 Å². The normalized spacial score (nSPS) is 17.8. The number of nitrogens with zero attached hydrogens (tertiary/aromatic N) is 3. The van der Waals surface area contributed by atoms with Gasteiger partial charge in [-0.3, -0.25) is 44.8 Å². The molecule has 0 aliphatic carbocycles. The maximum atomic E-state index is 13.6. The third-order valence-electron chi connectivity index (χ3n) is 10.6. The Hall–Kier alpha value is -7.20. The largest absolute Gasteiger partial charge is 0.497 e. The second-order valence-electron chi connectivity index (χ2n) is 18.6. The van der Waals surface area contributed by atoms with E-state index in [1.165, 1.54) is 62.4 Å². The zero-order chi connectivity index (χ0) is 51.5. The Kier molecular flexibility index (Phi) is 17.3. The summed E-state index contributed by atoms with van der Waals surface area (Å²) < 4.78 is 66.6. The molecule has 5 heterocycles. The van der Waals surface area contributed by atoms with Crippen LogP contribution in [0.25, 0.3) is 0 Å². The topological polar surface area (TPSA) is 256 Å². The van der Waals surface area contributed by atoms with Crippen LogP contribution >= 0.6 is 0 Å². The molecule has 2 saturated heterocycles. The van der Waals surface area contributed by atoms with E-state index in [0.29, 0.717) is 36.7 Å². The van der Waals surface area contributed by atoms with Crippen LogP contribution in [0, 0.1) is 10.8 Å². The standard InChI is InChI=1S/C31H34F3N5O6.C17H22N2O6/c1-29(2,3)45-28(42)39-22-11-19(14-35-15-22)26(40)13-30(9-10-44-18-30)27(41)37-16-20-5-6-21(17-36-20)38-25-8-7-23(43-4)12-24(25)31(32,33)34;1-16(2,3)25-15(23)19-12-6-11(8-18-9-12)13(20)7-17(14(21)22)4-5-24-10-17/h5-8,11-12,14-15,17,38H,9-10,13,16,18H2,1-4H3,(H,37,41)(H,39,42);6,8-9H,4-5,7,10H2,1-3H3,(H,19,23)(H,21,22)/t30-;17-/m00/s1. The Bertz CT molecular complexity index is 2530. The highest BCUT2D eigenvalue weighted by molar-refractivity contribution is 6.01. The van der Waals surface area contributed by atoms with E-state index in [2.05, 4.69) is 36.2 Å². The van der Waals surface area contributed by atoms with E-state index in [1.54, 1.807) is 53.7 Å². The number of carbonyl (C=O) groups is 6. The molecule has 0 radical (unpaired) electrons. The molecule has 1 aromatic carbocycles. The number of ether oxygens (including phenoxy) is 5. The van der Waals surface area contributed by atoms with E-state index in [9.17, 15) is 47.0 Å². The van der Waals surface area contributed by atoms with Crippen LogP contribution in [0.5, 0.6) is 5.75 Å². The zero-order valence-electron chi connectivity index (χ0n) is 39.7. The number of amides is 3. The molecule has 0 saturated carbocycles. The van der Waals surface area contributed by atoms with Crippen LogP contribution in [-0.2, 0) is 41.3 Å². The van der Waals surface area contributed by atoms with Crippen molar-refractivity contribution in [2.45, 2.75) is 91.1 Å². The number of carbonyl (C=O) groups excluding carboxylic acids is 5. The number of ketones is 2. The number of hydrogen-bond acceptors (Lipinski definition) is 15. The van der Waals surface area contributed by atoms with Crippen molar-refractivity contribution in [2.24, 2.45) is 10.8 Å². The summed E-state index contributed by atoms with van der Waals surface area (Å²) in [5.41, 5.74) is -3.00. The molecule has 0 spiro atoms. The quantitative estimate of drug-likeness (QED) is 0.0701. The highest BCUT2D eigenvalue weighted by atomic mass is 19.4. The summed E-state index contributed by atoms with van der Waals surface area (Å²) in [6.07, 6.45) is 1.11. The smallest absolute Gasteiger partial charge is 0.418 e. The summed E-state index contributed by atoms with van der Waals surface area (Å²) in [6.45, 7) is 11.1. The first-order valence-corrected chi connectivity index (χ1v) is 21.9. The number of aliphatic carboxylic acids is 1. The van der Waals surface area contributed by atoms with Crippen LogP contribution in [0.4, 0.5) is 45.5 Å². The van der Waals surface area contributed by atoms with Crippen molar-refractivity contribution in [3.05, 3.63) is 95.8 Å². The lowest BCUT2D eigenvalue weighted by Gasteiger charge is -2.25. The molecular weight excluding hydrogens is 924 g/mol. The van der Waals surface area contributed by atoms with Crippen molar-refractivity contribution in [1.82, 2.24) is 20.3 Å². The number of nitrogens with one attached hydrogen (secondary N) is 4. The summed E-state index contributed by atoms with van der Waals surface area (Å²) in [7, 11) is 1.29. The number of benzene rings is 1. The number of carboxylic acid groups (broad SMARTS) is 1. The molecule has 3 aromatic heterocycles. The number of aromatic nitrogens is 3. The molecule has 376 valence electrons. The maximum Gasteiger partial charge on any atom is 0.418 e. The zero-order valence-corrected chi connectivity index (χ0v) is 39.7. The van der Waals surface area contributed by atoms with Crippen LogP contribution in [0.3, 0.4) is 0 Å². The Morgan fingerprint density at radius 2 is 1.23 bits per heavy atom. The van der Waals surface area contributed by atoms with Gasteiger partial charge in [-0.25, -0.2) is 9.59 Å². The minimum atomic E-state index is -4.61. The Morgan fingerprint density at radius 3 is 1.67 bits per heavy atom. The van der Waals surface area contributed by atoms with E-state index in [4.69, 9.17) is 23.7 Å². The molecule has 4 aromatic rings. The molecule has 6 rings (SSSR count). The predicted molar refractivity (Wildman–Crippen MR) is 247 cm³/mol. The lowest BCUT2D eigenvalue weighted by atomic mass is 9.80. The van der Waals surface area contributed by atoms with Gasteiger partial charge in [-0.15, -0.1) is 0 Å². The second kappa shape index (κ2) is 22.5. The van der Waals surface area contributed by atoms with Crippen molar-refractivity contribution in [3.8, 4) is 5.75 Å². The summed E-state index contributed by atoms with van der Waals surface area (Å²) in [5, 5.41) is 20.0. The van der Waals surface area contributed by atoms with E-state index in [0.717, 1.165) is 6.07 Å². The molecule has 70 heavy (non-hydrogen) atoms. The van der Waals surface area contributed by atoms with Crippen LogP contribution in [0.15, 0.2) is 73.4 Å². The number of halogens is 3. The van der Waals surface area contributed by atoms with Gasteiger partial charge < -0.3 is 39.4 Å². The molecule has 0 unspecified atom stereocenters. The predicted octanol–water partition coefficient (Wildman–Crippen LogP) is 8.38. The van der Waals surface area contributed by atoms with Gasteiger partial charge in [-0.05, 0) is 96.8 Å². The van der Waals surface area contributed by atoms with Crippen molar-refractivity contribution >= 4 is 58.4 Å². The van der Waals surface area contributed by atoms with Gasteiger partial charge in [0.2, 0.25) is 5.91 Å². The van der Waals surface area contributed by atoms with Crippen LogP contribution in [-0.4, -0.2) is 100 Å². The van der Waals surface area contributed by atoms with Crippen molar-refractivity contribution in [3.63, 3.8) is 0 Å². The summed E-state index contributed by atoms with van der Waals surface area (Å²) >= 11 is 0. The number of carboxylic acids is 1. The van der Waals surface area contributed by atoms with Gasteiger partial charge in [0.25, 0.3) is 0 Å². The SMILES string of the molecule is CC(C)(C)OC(=O)Nc1cncc(C(=O)C[C@@]2(C(=O)O)CCOC2)c1.COc1ccc(Nc2ccc(CNC(=O)[C@]3(CC(=O)c4cncc(NC(=O)OC(C)(C)C)c4)CCOC3)nc2)c(C(F)(F)F)c1. The molecule has 0 bridgehead atoms. The van der Waals surface area contributed by atoms with Crippen molar-refractivity contribution in [1.29, 1.82) is 0 Å². The Labute approximate surface area is 401 Å². The number of alkyl halides is 3. The number of hydrogen-bond donors (Lipinski definition) is 5. The average molecular weight is 980 g/mol. The Morgan fingerprint density at radius 1 is 0.700 bits per heavy atom. The fourth-order valence-corrected chi connectivity index (χ4v) is 7.09. The number of methoxy groups -OCH3 is 1. The molecule has 5 N–H and O–H groups in total. The monoisotopic (exact) mass is 979 g/mol. The fraction of sp³-hybridized carbons (Fsp3) is 0.438. The van der Waals surface area contributed by atoms with E-state index in [-0.39, 0.29) is 78.8 Å². The van der Waals surface area contributed by atoms with Gasteiger partial charge in [0.05, 0.1) is 84.9 Å². The van der Waals surface area contributed by atoms with Crippen LogP contribution in [0.2, 0.25) is 0 Å². The number of anilines is 4. The number of rotatable bonds is 15. The molecule has 3 amide bonds. The Balaban J connectivity index is 0.000000308. The third-order valence-corrected chi connectivity index (χ3v) is 10.6.